The standard InChI is InChI=1S/C12H10FN3O5/c1-6-10(12(17)18)11(15(2)14-6)21-9-5-7(13)3-4-8(9)16(19)20/h3-5H,1-2H3,(H,17,18). The minimum Gasteiger partial charge on any atom is -0.477 e. The summed E-state index contributed by atoms with van der Waals surface area (Å²) >= 11 is 0. The van der Waals surface area contributed by atoms with Crippen LogP contribution in [0, 0.1) is 22.9 Å². The zero-order valence-electron chi connectivity index (χ0n) is 11.0. The van der Waals surface area contributed by atoms with Crippen molar-refractivity contribution < 1.29 is 24.0 Å². The molecule has 0 fully saturated rings. The minimum atomic E-state index is -1.30. The summed E-state index contributed by atoms with van der Waals surface area (Å²) in [4.78, 5) is 21.3. The van der Waals surface area contributed by atoms with Crippen LogP contribution in [0.25, 0.3) is 0 Å². The second-order valence-corrected chi connectivity index (χ2v) is 4.17. The van der Waals surface area contributed by atoms with E-state index in [1.54, 1.807) is 0 Å². The molecule has 0 saturated heterocycles. The summed E-state index contributed by atoms with van der Waals surface area (Å²) in [7, 11) is 1.42. The van der Waals surface area contributed by atoms with E-state index in [9.17, 15) is 19.3 Å². The van der Waals surface area contributed by atoms with Crippen LogP contribution in [-0.2, 0) is 7.05 Å². The maximum atomic E-state index is 13.2. The number of aromatic carboxylic acids is 1. The number of ether oxygens (including phenoxy) is 1. The van der Waals surface area contributed by atoms with Crippen molar-refractivity contribution in [3.63, 3.8) is 0 Å². The van der Waals surface area contributed by atoms with Crippen LogP contribution in [0.15, 0.2) is 18.2 Å². The Morgan fingerprint density at radius 3 is 2.76 bits per heavy atom. The first-order chi connectivity index (χ1) is 9.81. The average Bonchev–Trinajstić information content (AvgIpc) is 2.63. The molecule has 1 N–H and O–H groups in total. The van der Waals surface area contributed by atoms with Crippen LogP contribution >= 0.6 is 0 Å². The first kappa shape index (κ1) is 14.4. The van der Waals surface area contributed by atoms with Crippen LogP contribution in [0.1, 0.15) is 16.1 Å². The number of benzene rings is 1. The van der Waals surface area contributed by atoms with Crippen LogP contribution in [0.5, 0.6) is 11.6 Å². The second kappa shape index (κ2) is 5.19. The molecule has 1 aromatic heterocycles. The molecule has 0 amide bonds. The molecule has 9 heteroatoms. The topological polar surface area (TPSA) is 107 Å². The summed E-state index contributed by atoms with van der Waals surface area (Å²) in [6.45, 7) is 1.45. The Balaban J connectivity index is 2.55. The molecule has 1 aromatic carbocycles. The molecule has 0 atom stereocenters. The summed E-state index contributed by atoms with van der Waals surface area (Å²) in [6.07, 6.45) is 0. The van der Waals surface area contributed by atoms with Gasteiger partial charge in [-0.3, -0.25) is 10.1 Å². The first-order valence-corrected chi connectivity index (χ1v) is 5.70. The van der Waals surface area contributed by atoms with Gasteiger partial charge in [-0.15, -0.1) is 0 Å². The molecule has 0 radical (unpaired) electrons. The fourth-order valence-corrected chi connectivity index (χ4v) is 1.82. The Morgan fingerprint density at radius 2 is 2.19 bits per heavy atom. The molecule has 0 bridgehead atoms. The normalized spacial score (nSPS) is 10.4. The highest BCUT2D eigenvalue weighted by Gasteiger charge is 2.25. The molecular weight excluding hydrogens is 285 g/mol. The largest absolute Gasteiger partial charge is 0.477 e. The third kappa shape index (κ3) is 2.66. The molecule has 110 valence electrons. The Morgan fingerprint density at radius 1 is 1.52 bits per heavy atom. The summed E-state index contributed by atoms with van der Waals surface area (Å²) < 4.78 is 19.6. The zero-order chi connectivity index (χ0) is 15.7. The minimum absolute atomic E-state index is 0.180. The molecule has 0 aliphatic carbocycles. The van der Waals surface area contributed by atoms with Crippen molar-refractivity contribution in [2.24, 2.45) is 7.05 Å². The van der Waals surface area contributed by atoms with E-state index >= 15 is 0 Å². The van der Waals surface area contributed by atoms with Gasteiger partial charge in [-0.2, -0.15) is 5.10 Å². The van der Waals surface area contributed by atoms with Gasteiger partial charge in [0, 0.05) is 19.2 Å². The third-order valence-corrected chi connectivity index (χ3v) is 2.71. The van der Waals surface area contributed by atoms with Gasteiger partial charge in [-0.25, -0.2) is 13.9 Å². The predicted molar refractivity (Wildman–Crippen MR) is 68.0 cm³/mol. The predicted octanol–water partition coefficient (Wildman–Crippen LogP) is 2.27. The lowest BCUT2D eigenvalue weighted by Gasteiger charge is -2.07. The van der Waals surface area contributed by atoms with Gasteiger partial charge < -0.3 is 9.84 Å². The van der Waals surface area contributed by atoms with Crippen molar-refractivity contribution in [2.45, 2.75) is 6.92 Å². The van der Waals surface area contributed by atoms with Crippen LogP contribution < -0.4 is 4.74 Å². The summed E-state index contributed by atoms with van der Waals surface area (Å²) in [5.41, 5.74) is -0.540. The van der Waals surface area contributed by atoms with Gasteiger partial charge >= 0.3 is 11.7 Å². The number of carbonyl (C=O) groups is 1. The molecular formula is C12H10FN3O5. The number of nitro benzene ring substituents is 1. The van der Waals surface area contributed by atoms with E-state index < -0.39 is 28.1 Å². The van der Waals surface area contributed by atoms with Crippen molar-refractivity contribution in [2.75, 3.05) is 0 Å². The molecule has 2 aromatic rings. The summed E-state index contributed by atoms with van der Waals surface area (Å²) in [5, 5.41) is 23.9. The number of carboxylic acids is 1. The van der Waals surface area contributed by atoms with Crippen LogP contribution in [0.4, 0.5) is 10.1 Å². The van der Waals surface area contributed by atoms with Gasteiger partial charge in [-0.05, 0) is 13.0 Å². The molecule has 0 aliphatic rings. The number of aryl methyl sites for hydroxylation is 2. The van der Waals surface area contributed by atoms with Gasteiger partial charge in [0.15, 0.2) is 0 Å². The highest BCUT2D eigenvalue weighted by molar-refractivity contribution is 5.91. The van der Waals surface area contributed by atoms with Crippen molar-refractivity contribution in [1.82, 2.24) is 9.78 Å². The van der Waals surface area contributed by atoms with E-state index in [0.29, 0.717) is 0 Å². The average molecular weight is 295 g/mol. The van der Waals surface area contributed by atoms with E-state index in [-0.39, 0.29) is 17.1 Å². The van der Waals surface area contributed by atoms with Gasteiger partial charge in [0.05, 0.1) is 10.6 Å². The van der Waals surface area contributed by atoms with E-state index in [4.69, 9.17) is 9.84 Å². The number of aromatic nitrogens is 2. The summed E-state index contributed by atoms with van der Waals surface area (Å²) in [6, 6.07) is 2.66. The zero-order valence-corrected chi connectivity index (χ0v) is 11.0. The Bertz CT molecular complexity index is 741. The van der Waals surface area contributed by atoms with Crippen molar-refractivity contribution in [1.29, 1.82) is 0 Å². The van der Waals surface area contributed by atoms with Crippen LogP contribution in [-0.4, -0.2) is 25.8 Å². The highest BCUT2D eigenvalue weighted by atomic mass is 19.1. The van der Waals surface area contributed by atoms with Gasteiger partial charge in [0.25, 0.3) is 0 Å². The Labute approximate surface area is 117 Å². The Kier molecular flexibility index (Phi) is 3.57. The smallest absolute Gasteiger partial charge is 0.343 e. The van der Waals surface area contributed by atoms with Crippen molar-refractivity contribution in [3.05, 3.63) is 45.4 Å². The van der Waals surface area contributed by atoms with E-state index in [1.165, 1.54) is 14.0 Å². The molecule has 2 rings (SSSR count). The van der Waals surface area contributed by atoms with Crippen LogP contribution in [0.2, 0.25) is 0 Å². The number of carboxylic acid groups (broad SMARTS) is 1. The SMILES string of the molecule is Cc1nn(C)c(Oc2cc(F)ccc2[N+](=O)[O-])c1C(=O)O. The summed E-state index contributed by atoms with van der Waals surface area (Å²) in [5.74, 6) is -2.65. The van der Waals surface area contributed by atoms with Gasteiger partial charge in [0.2, 0.25) is 11.6 Å². The van der Waals surface area contributed by atoms with Gasteiger partial charge in [-0.1, -0.05) is 0 Å². The van der Waals surface area contributed by atoms with E-state index in [2.05, 4.69) is 5.10 Å². The van der Waals surface area contributed by atoms with E-state index in [0.717, 1.165) is 22.9 Å². The quantitative estimate of drug-likeness (QED) is 0.684. The number of hydrogen-bond donors (Lipinski definition) is 1. The lowest BCUT2D eigenvalue weighted by molar-refractivity contribution is -0.385. The number of hydrogen-bond acceptors (Lipinski definition) is 5. The van der Waals surface area contributed by atoms with Crippen molar-refractivity contribution >= 4 is 11.7 Å². The molecule has 0 aliphatic heterocycles. The van der Waals surface area contributed by atoms with E-state index in [1.807, 2.05) is 0 Å². The molecule has 21 heavy (non-hydrogen) atoms. The number of nitrogens with zero attached hydrogens (tertiary/aromatic N) is 3. The molecule has 1 heterocycles. The maximum Gasteiger partial charge on any atom is 0.343 e. The lowest BCUT2D eigenvalue weighted by Crippen LogP contribution is -2.03. The molecule has 0 spiro atoms. The van der Waals surface area contributed by atoms with Crippen molar-refractivity contribution in [3.8, 4) is 11.6 Å². The second-order valence-electron chi connectivity index (χ2n) is 4.17. The molecule has 0 unspecified atom stereocenters. The van der Waals surface area contributed by atoms with Gasteiger partial charge in [0.1, 0.15) is 11.4 Å². The molecule has 0 saturated carbocycles. The number of nitro groups is 1. The fourth-order valence-electron chi connectivity index (χ4n) is 1.82. The maximum absolute atomic E-state index is 13.2. The van der Waals surface area contributed by atoms with Crippen LogP contribution in [0.3, 0.4) is 0 Å². The number of rotatable bonds is 4. The Hall–Kier alpha value is -2.97. The lowest BCUT2D eigenvalue weighted by atomic mass is 10.2. The number of halogens is 1. The first-order valence-electron chi connectivity index (χ1n) is 5.70. The third-order valence-electron chi connectivity index (χ3n) is 2.71. The highest BCUT2D eigenvalue weighted by Crippen LogP contribution is 2.34. The molecule has 8 nitrogen and oxygen atoms in total. The monoisotopic (exact) mass is 295 g/mol. The fraction of sp³-hybridized carbons (Fsp3) is 0.167.